The summed E-state index contributed by atoms with van der Waals surface area (Å²) in [6, 6.07) is 8.19. The van der Waals surface area contributed by atoms with Crippen LogP contribution in [0.1, 0.15) is 10.4 Å². The van der Waals surface area contributed by atoms with Crippen LogP contribution in [-0.2, 0) is 0 Å². The molecule has 6 heteroatoms. The third-order valence-corrected chi connectivity index (χ3v) is 2.69. The molecule has 0 spiro atoms. The first-order chi connectivity index (χ1) is 9.52. The zero-order chi connectivity index (χ0) is 14.7. The number of amides is 1. The molecule has 0 saturated heterocycles. The summed E-state index contributed by atoms with van der Waals surface area (Å²) in [7, 11) is 1.45. The van der Waals surface area contributed by atoms with Crippen LogP contribution in [0.2, 0.25) is 0 Å². The number of carbonyl (C=O) groups is 1. The van der Waals surface area contributed by atoms with Gasteiger partial charge in [0, 0.05) is 6.07 Å². The molecule has 0 radical (unpaired) electrons. The second kappa shape index (κ2) is 5.56. The second-order valence-corrected chi connectivity index (χ2v) is 4.01. The highest BCUT2D eigenvalue weighted by Crippen LogP contribution is 2.24. The van der Waals surface area contributed by atoms with Crippen molar-refractivity contribution in [1.82, 2.24) is 0 Å². The summed E-state index contributed by atoms with van der Waals surface area (Å²) in [4.78, 5) is 12.0. The van der Waals surface area contributed by atoms with Gasteiger partial charge in [-0.05, 0) is 18.2 Å². The predicted molar refractivity (Wildman–Crippen MR) is 71.7 cm³/mol. The highest BCUT2D eigenvalue weighted by Gasteiger charge is 2.16. The van der Waals surface area contributed by atoms with Crippen LogP contribution in [0.4, 0.5) is 20.2 Å². The lowest BCUT2D eigenvalue weighted by molar-refractivity contribution is 0.102. The van der Waals surface area contributed by atoms with Gasteiger partial charge in [-0.1, -0.05) is 12.1 Å². The molecule has 4 nitrogen and oxygen atoms in total. The maximum atomic E-state index is 13.6. The number of nitrogens with one attached hydrogen (secondary N) is 1. The van der Waals surface area contributed by atoms with Crippen molar-refractivity contribution in [2.24, 2.45) is 0 Å². The molecule has 0 fully saturated rings. The van der Waals surface area contributed by atoms with E-state index in [0.29, 0.717) is 17.5 Å². The number of carbonyl (C=O) groups excluding carboxylic acids is 1. The average molecular weight is 278 g/mol. The maximum Gasteiger partial charge on any atom is 0.258 e. The minimum atomic E-state index is -0.982. The molecule has 2 aromatic rings. The van der Waals surface area contributed by atoms with Gasteiger partial charge < -0.3 is 15.8 Å². The molecule has 0 saturated carbocycles. The quantitative estimate of drug-likeness (QED) is 0.848. The third-order valence-electron chi connectivity index (χ3n) is 2.69. The summed E-state index contributed by atoms with van der Waals surface area (Å²) in [5.41, 5.74) is 5.07. The topological polar surface area (TPSA) is 64.3 Å². The Kier molecular flexibility index (Phi) is 3.84. The summed E-state index contributed by atoms with van der Waals surface area (Å²) < 4.78 is 31.7. The number of halogens is 2. The van der Waals surface area contributed by atoms with E-state index in [1.54, 1.807) is 24.3 Å². The van der Waals surface area contributed by atoms with E-state index >= 15 is 0 Å². The molecule has 20 heavy (non-hydrogen) atoms. The van der Waals surface area contributed by atoms with Crippen molar-refractivity contribution >= 4 is 17.3 Å². The third kappa shape index (κ3) is 2.69. The van der Waals surface area contributed by atoms with Gasteiger partial charge in [0.1, 0.15) is 17.4 Å². The van der Waals surface area contributed by atoms with Crippen LogP contribution in [0.3, 0.4) is 0 Å². The number of para-hydroxylation sites is 2. The minimum absolute atomic E-state index is 0.295. The van der Waals surface area contributed by atoms with Gasteiger partial charge >= 0.3 is 0 Å². The lowest BCUT2D eigenvalue weighted by atomic mass is 10.1. The summed E-state index contributed by atoms with van der Waals surface area (Å²) in [6.45, 7) is 0. The Labute approximate surface area is 114 Å². The van der Waals surface area contributed by atoms with Crippen molar-refractivity contribution in [3.8, 4) is 5.75 Å². The monoisotopic (exact) mass is 278 g/mol. The average Bonchev–Trinajstić information content (AvgIpc) is 2.43. The minimum Gasteiger partial charge on any atom is -0.495 e. The predicted octanol–water partition coefficient (Wildman–Crippen LogP) is 2.81. The Morgan fingerprint density at radius 1 is 1.20 bits per heavy atom. The smallest absolute Gasteiger partial charge is 0.258 e. The fourth-order valence-electron chi connectivity index (χ4n) is 1.68. The molecule has 104 valence electrons. The summed E-state index contributed by atoms with van der Waals surface area (Å²) in [5, 5.41) is 2.48. The lowest BCUT2D eigenvalue weighted by Gasteiger charge is -2.10. The molecule has 3 N–H and O–H groups in total. The van der Waals surface area contributed by atoms with Crippen LogP contribution < -0.4 is 15.8 Å². The number of hydrogen-bond donors (Lipinski definition) is 2. The molecule has 0 aliphatic carbocycles. The number of methoxy groups -OCH3 is 1. The highest BCUT2D eigenvalue weighted by molar-refractivity contribution is 6.05. The zero-order valence-corrected chi connectivity index (χ0v) is 10.6. The van der Waals surface area contributed by atoms with Crippen molar-refractivity contribution in [2.45, 2.75) is 0 Å². The first kappa shape index (κ1) is 13.8. The van der Waals surface area contributed by atoms with Crippen LogP contribution in [-0.4, -0.2) is 13.0 Å². The van der Waals surface area contributed by atoms with Gasteiger partial charge in [0.25, 0.3) is 5.91 Å². The molecule has 2 rings (SSSR count). The van der Waals surface area contributed by atoms with Gasteiger partial charge in [-0.3, -0.25) is 4.79 Å². The molecular formula is C14H12F2N2O2. The molecule has 0 atom stereocenters. The Morgan fingerprint density at radius 3 is 2.60 bits per heavy atom. The van der Waals surface area contributed by atoms with Gasteiger partial charge in [0.15, 0.2) is 0 Å². The standard InChI is InChI=1S/C14H12F2N2O2/c1-20-13-5-3-2-4-12(13)18-14(19)8-6-11(17)10(16)7-9(8)15/h2-7H,17H2,1H3,(H,18,19). The molecule has 0 unspecified atom stereocenters. The van der Waals surface area contributed by atoms with Crippen LogP contribution in [0.15, 0.2) is 36.4 Å². The van der Waals surface area contributed by atoms with E-state index in [9.17, 15) is 13.6 Å². The molecular weight excluding hydrogens is 266 g/mol. The molecule has 0 bridgehead atoms. The molecule has 0 heterocycles. The number of rotatable bonds is 3. The number of anilines is 2. The van der Waals surface area contributed by atoms with E-state index < -0.39 is 17.5 Å². The van der Waals surface area contributed by atoms with E-state index in [2.05, 4.69) is 5.32 Å². The number of benzene rings is 2. The highest BCUT2D eigenvalue weighted by atomic mass is 19.1. The number of nitrogens with two attached hydrogens (primary N) is 1. The van der Waals surface area contributed by atoms with Crippen molar-refractivity contribution < 1.29 is 18.3 Å². The fraction of sp³-hybridized carbons (Fsp3) is 0.0714. The number of hydrogen-bond acceptors (Lipinski definition) is 3. The second-order valence-electron chi connectivity index (χ2n) is 4.01. The van der Waals surface area contributed by atoms with Gasteiger partial charge in [-0.15, -0.1) is 0 Å². The molecule has 0 aliphatic rings. The van der Waals surface area contributed by atoms with E-state index in [0.717, 1.165) is 6.07 Å². The fourth-order valence-corrected chi connectivity index (χ4v) is 1.68. The van der Waals surface area contributed by atoms with Gasteiger partial charge in [-0.2, -0.15) is 0 Å². The Bertz CT molecular complexity index is 660. The summed E-state index contributed by atoms with van der Waals surface area (Å²) in [5.74, 6) is -2.20. The van der Waals surface area contributed by atoms with E-state index in [1.807, 2.05) is 0 Å². The SMILES string of the molecule is COc1ccccc1NC(=O)c1cc(N)c(F)cc1F. The van der Waals surface area contributed by atoms with Crippen molar-refractivity contribution in [3.05, 3.63) is 53.6 Å². The molecule has 1 amide bonds. The van der Waals surface area contributed by atoms with Crippen LogP contribution in [0.5, 0.6) is 5.75 Å². The van der Waals surface area contributed by atoms with E-state index in [1.165, 1.54) is 7.11 Å². The van der Waals surface area contributed by atoms with Crippen molar-refractivity contribution in [3.63, 3.8) is 0 Å². The van der Waals surface area contributed by atoms with Crippen LogP contribution >= 0.6 is 0 Å². The lowest BCUT2D eigenvalue weighted by Crippen LogP contribution is -2.15. The first-order valence-electron chi connectivity index (χ1n) is 5.72. The molecule has 0 aliphatic heterocycles. The maximum absolute atomic E-state index is 13.6. The Hall–Kier alpha value is -2.63. The van der Waals surface area contributed by atoms with Crippen LogP contribution in [0, 0.1) is 11.6 Å². The van der Waals surface area contributed by atoms with Gasteiger partial charge in [0.05, 0.1) is 24.0 Å². The van der Waals surface area contributed by atoms with E-state index in [-0.39, 0.29) is 11.3 Å². The summed E-state index contributed by atoms with van der Waals surface area (Å²) in [6.07, 6.45) is 0. The van der Waals surface area contributed by atoms with Gasteiger partial charge in [-0.25, -0.2) is 8.78 Å². The van der Waals surface area contributed by atoms with E-state index in [4.69, 9.17) is 10.5 Å². The summed E-state index contributed by atoms with van der Waals surface area (Å²) >= 11 is 0. The first-order valence-corrected chi connectivity index (χ1v) is 5.72. The largest absolute Gasteiger partial charge is 0.495 e. The number of nitrogen functional groups attached to an aromatic ring is 1. The van der Waals surface area contributed by atoms with Gasteiger partial charge in [0.2, 0.25) is 0 Å². The zero-order valence-electron chi connectivity index (χ0n) is 10.6. The number of ether oxygens (including phenoxy) is 1. The Morgan fingerprint density at radius 2 is 1.90 bits per heavy atom. The van der Waals surface area contributed by atoms with Crippen molar-refractivity contribution in [1.29, 1.82) is 0 Å². The van der Waals surface area contributed by atoms with Crippen molar-refractivity contribution in [2.75, 3.05) is 18.2 Å². The normalized spacial score (nSPS) is 10.2. The van der Waals surface area contributed by atoms with Crippen LogP contribution in [0.25, 0.3) is 0 Å². The Balaban J connectivity index is 2.31. The molecule has 0 aromatic heterocycles. The molecule has 2 aromatic carbocycles.